The van der Waals surface area contributed by atoms with Crippen molar-refractivity contribution < 1.29 is 19.7 Å². The summed E-state index contributed by atoms with van der Waals surface area (Å²) in [5, 5.41) is 21.0. The largest absolute Gasteiger partial charge is 0.503 e. The van der Waals surface area contributed by atoms with Gasteiger partial charge < -0.3 is 19.7 Å². The van der Waals surface area contributed by atoms with Crippen molar-refractivity contribution in [2.75, 3.05) is 13.2 Å². The fourth-order valence-electron chi connectivity index (χ4n) is 2.88. The maximum absolute atomic E-state index is 12.5. The maximum atomic E-state index is 12.5. The molecule has 7 heteroatoms. The predicted octanol–water partition coefficient (Wildman–Crippen LogP) is 3.11. The van der Waals surface area contributed by atoms with Gasteiger partial charge in [0.15, 0.2) is 12.0 Å². The lowest BCUT2D eigenvalue weighted by Crippen LogP contribution is -2.24. The van der Waals surface area contributed by atoms with E-state index in [0.717, 1.165) is 30.3 Å². The number of aromatic hydroxyl groups is 2. The summed E-state index contributed by atoms with van der Waals surface area (Å²) in [6.45, 7) is 1.41. The lowest BCUT2D eigenvalue weighted by Gasteiger charge is -2.22. The van der Waals surface area contributed by atoms with Crippen molar-refractivity contribution in [3.63, 3.8) is 0 Å². The number of rotatable bonds is 5. The molecule has 1 fully saturated rings. The van der Waals surface area contributed by atoms with Crippen molar-refractivity contribution in [2.45, 2.75) is 38.5 Å². The highest BCUT2D eigenvalue weighted by atomic mass is 79.9. The van der Waals surface area contributed by atoms with Crippen molar-refractivity contribution in [2.24, 2.45) is 0 Å². The molecule has 24 heavy (non-hydrogen) atoms. The van der Waals surface area contributed by atoms with E-state index in [1.54, 1.807) is 18.2 Å². The molecule has 0 saturated carbocycles. The molecule has 1 atom stereocenters. The zero-order valence-electron chi connectivity index (χ0n) is 13.2. The molecular weight excluding hydrogens is 378 g/mol. The van der Waals surface area contributed by atoms with Gasteiger partial charge in [-0.05, 0) is 43.9 Å². The number of hydrogen-bond donors (Lipinski definition) is 2. The first-order valence-electron chi connectivity index (χ1n) is 8.05. The molecule has 2 heterocycles. The average Bonchev–Trinajstić information content (AvgIpc) is 2.60. The van der Waals surface area contributed by atoms with Crippen LogP contribution in [0.4, 0.5) is 0 Å². The second kappa shape index (κ2) is 7.55. The molecule has 3 rings (SSSR count). The summed E-state index contributed by atoms with van der Waals surface area (Å²) < 4.78 is 13.0. The first-order chi connectivity index (χ1) is 11.6. The summed E-state index contributed by atoms with van der Waals surface area (Å²) in [5.74, 6) is -0.707. The highest BCUT2D eigenvalue weighted by molar-refractivity contribution is 9.10. The van der Waals surface area contributed by atoms with E-state index in [4.69, 9.17) is 9.47 Å². The van der Waals surface area contributed by atoms with Crippen LogP contribution in [-0.2, 0) is 16.0 Å². The molecule has 0 spiro atoms. The third-order valence-electron chi connectivity index (χ3n) is 4.15. The quantitative estimate of drug-likeness (QED) is 0.757. The highest BCUT2D eigenvalue weighted by Gasteiger charge is 2.17. The number of aromatic nitrogens is 1. The number of benzene rings is 1. The Hall–Kier alpha value is -1.57. The van der Waals surface area contributed by atoms with Crippen molar-refractivity contribution in [1.29, 1.82) is 0 Å². The van der Waals surface area contributed by atoms with Gasteiger partial charge in [-0.1, -0.05) is 15.9 Å². The SMILES string of the molecule is O=c1c2ccc(Br)cc2c(O)c(O)n1CCCOC1CCCCO1. The minimum absolute atomic E-state index is 0.175. The minimum atomic E-state index is -0.417. The van der Waals surface area contributed by atoms with E-state index in [2.05, 4.69) is 15.9 Å². The Labute approximate surface area is 147 Å². The Morgan fingerprint density at radius 3 is 2.88 bits per heavy atom. The maximum Gasteiger partial charge on any atom is 0.261 e. The van der Waals surface area contributed by atoms with Gasteiger partial charge in [0.2, 0.25) is 5.88 Å². The standard InChI is InChI=1S/C17H20BrNO5/c18-11-5-6-12-13(10-11)15(20)17(22)19(16(12)21)7-3-9-24-14-4-1-2-8-23-14/h5-6,10,14,20,22H,1-4,7-9H2. The molecular formula is C17H20BrNO5. The molecule has 0 amide bonds. The topological polar surface area (TPSA) is 80.9 Å². The van der Waals surface area contributed by atoms with Crippen LogP contribution in [0.25, 0.3) is 10.8 Å². The molecule has 1 aliphatic heterocycles. The Kier molecular flexibility index (Phi) is 5.43. The van der Waals surface area contributed by atoms with Crippen LogP contribution in [0.15, 0.2) is 27.5 Å². The average molecular weight is 398 g/mol. The molecule has 1 unspecified atom stereocenters. The van der Waals surface area contributed by atoms with E-state index < -0.39 is 5.88 Å². The number of pyridine rings is 1. The second-order valence-corrected chi connectivity index (χ2v) is 6.76. The number of nitrogens with zero attached hydrogens (tertiary/aromatic N) is 1. The van der Waals surface area contributed by atoms with Crippen molar-refractivity contribution in [3.05, 3.63) is 33.0 Å². The van der Waals surface area contributed by atoms with Crippen LogP contribution in [-0.4, -0.2) is 34.3 Å². The number of halogens is 1. The summed E-state index contributed by atoms with van der Waals surface area (Å²) in [7, 11) is 0. The van der Waals surface area contributed by atoms with Gasteiger partial charge in [0.1, 0.15) is 0 Å². The van der Waals surface area contributed by atoms with Gasteiger partial charge in [-0.2, -0.15) is 0 Å². The zero-order valence-corrected chi connectivity index (χ0v) is 14.8. The van der Waals surface area contributed by atoms with Crippen LogP contribution < -0.4 is 5.56 Å². The van der Waals surface area contributed by atoms with Crippen LogP contribution in [0, 0.1) is 0 Å². The van der Waals surface area contributed by atoms with E-state index in [9.17, 15) is 15.0 Å². The third kappa shape index (κ3) is 3.58. The summed E-state index contributed by atoms with van der Waals surface area (Å²) >= 11 is 3.29. The molecule has 130 valence electrons. The van der Waals surface area contributed by atoms with Crippen molar-refractivity contribution in [1.82, 2.24) is 4.57 Å². The summed E-state index contributed by atoms with van der Waals surface area (Å²) in [6, 6.07) is 4.97. The Bertz CT molecular complexity index is 783. The smallest absolute Gasteiger partial charge is 0.261 e. The first kappa shape index (κ1) is 17.3. The molecule has 1 aliphatic rings. The first-order valence-corrected chi connectivity index (χ1v) is 8.84. The van der Waals surface area contributed by atoms with Gasteiger partial charge in [-0.3, -0.25) is 9.36 Å². The lowest BCUT2D eigenvalue weighted by atomic mass is 10.1. The Morgan fingerprint density at radius 2 is 2.12 bits per heavy atom. The van der Waals surface area contributed by atoms with E-state index in [-0.39, 0.29) is 24.1 Å². The van der Waals surface area contributed by atoms with E-state index in [1.807, 2.05) is 0 Å². The monoisotopic (exact) mass is 397 g/mol. The summed E-state index contributed by atoms with van der Waals surface area (Å²) in [4.78, 5) is 12.5. The summed E-state index contributed by atoms with van der Waals surface area (Å²) in [5.41, 5.74) is -0.332. The molecule has 1 aromatic carbocycles. The molecule has 0 radical (unpaired) electrons. The predicted molar refractivity (Wildman–Crippen MR) is 93.4 cm³/mol. The molecule has 2 N–H and O–H groups in total. The van der Waals surface area contributed by atoms with Gasteiger partial charge in [-0.25, -0.2) is 0 Å². The van der Waals surface area contributed by atoms with Gasteiger partial charge >= 0.3 is 0 Å². The molecule has 1 aromatic heterocycles. The van der Waals surface area contributed by atoms with Gasteiger partial charge in [0.05, 0.1) is 12.0 Å². The molecule has 0 aliphatic carbocycles. The van der Waals surface area contributed by atoms with Gasteiger partial charge in [0.25, 0.3) is 5.56 Å². The van der Waals surface area contributed by atoms with Crippen LogP contribution in [0.3, 0.4) is 0 Å². The normalized spacial score (nSPS) is 18.1. The Balaban J connectivity index is 1.72. The number of ether oxygens (including phenoxy) is 2. The van der Waals surface area contributed by atoms with Crippen LogP contribution >= 0.6 is 15.9 Å². The van der Waals surface area contributed by atoms with E-state index in [1.165, 1.54) is 4.57 Å². The highest BCUT2D eigenvalue weighted by Crippen LogP contribution is 2.33. The Morgan fingerprint density at radius 1 is 1.29 bits per heavy atom. The van der Waals surface area contributed by atoms with E-state index >= 15 is 0 Å². The van der Waals surface area contributed by atoms with E-state index in [0.29, 0.717) is 23.8 Å². The van der Waals surface area contributed by atoms with Gasteiger partial charge in [-0.15, -0.1) is 0 Å². The third-order valence-corrected chi connectivity index (χ3v) is 4.64. The van der Waals surface area contributed by atoms with Crippen molar-refractivity contribution in [3.8, 4) is 11.6 Å². The second-order valence-electron chi connectivity index (χ2n) is 5.84. The zero-order chi connectivity index (χ0) is 17.1. The van der Waals surface area contributed by atoms with Crippen LogP contribution in [0.5, 0.6) is 11.6 Å². The molecule has 6 nitrogen and oxygen atoms in total. The fraction of sp³-hybridized carbons (Fsp3) is 0.471. The lowest BCUT2D eigenvalue weighted by molar-refractivity contribution is -0.163. The van der Waals surface area contributed by atoms with Gasteiger partial charge in [0, 0.05) is 23.0 Å². The number of fused-ring (bicyclic) bond motifs is 1. The van der Waals surface area contributed by atoms with Crippen LogP contribution in [0.1, 0.15) is 25.7 Å². The number of hydrogen-bond acceptors (Lipinski definition) is 5. The molecule has 1 saturated heterocycles. The minimum Gasteiger partial charge on any atom is -0.503 e. The van der Waals surface area contributed by atoms with Crippen LogP contribution in [0.2, 0.25) is 0 Å². The molecule has 2 aromatic rings. The van der Waals surface area contributed by atoms with Crippen molar-refractivity contribution >= 4 is 26.7 Å². The fourth-order valence-corrected chi connectivity index (χ4v) is 3.24. The summed E-state index contributed by atoms with van der Waals surface area (Å²) in [6.07, 6.45) is 3.41. The molecule has 0 bridgehead atoms.